The molecule has 1 aromatic carbocycles. The van der Waals surface area contributed by atoms with Gasteiger partial charge in [-0.15, -0.1) is 0 Å². The number of halogens is 1. The molecule has 0 radical (unpaired) electrons. The third-order valence-electron chi connectivity index (χ3n) is 2.18. The van der Waals surface area contributed by atoms with Gasteiger partial charge in [-0.25, -0.2) is 4.39 Å². The van der Waals surface area contributed by atoms with Crippen molar-refractivity contribution in [3.05, 3.63) is 35.6 Å². The van der Waals surface area contributed by atoms with Crippen molar-refractivity contribution < 1.29 is 9.13 Å². The molecule has 1 saturated heterocycles. The van der Waals surface area contributed by atoms with E-state index in [4.69, 9.17) is 4.74 Å². The molecule has 1 N–H and O–H groups in total. The van der Waals surface area contributed by atoms with Crippen LogP contribution in [0.1, 0.15) is 11.7 Å². The van der Waals surface area contributed by atoms with Crippen LogP contribution in [0.15, 0.2) is 24.3 Å². The van der Waals surface area contributed by atoms with E-state index in [0.29, 0.717) is 18.7 Å². The molecule has 0 spiro atoms. The highest BCUT2D eigenvalue weighted by molar-refractivity contribution is 5.20. The molecule has 1 aliphatic heterocycles. The van der Waals surface area contributed by atoms with Crippen LogP contribution >= 0.6 is 0 Å². The largest absolute Gasteiger partial charge is 0.371 e. The summed E-state index contributed by atoms with van der Waals surface area (Å²) in [6.45, 7) is 2.20. The van der Waals surface area contributed by atoms with Crippen LogP contribution in [0.2, 0.25) is 0 Å². The SMILES string of the molecule is Fc1ccccc1[C@H]1CNCCO1. The van der Waals surface area contributed by atoms with Gasteiger partial charge < -0.3 is 10.1 Å². The fourth-order valence-corrected chi connectivity index (χ4v) is 1.50. The highest BCUT2D eigenvalue weighted by atomic mass is 19.1. The van der Waals surface area contributed by atoms with Crippen LogP contribution < -0.4 is 5.32 Å². The van der Waals surface area contributed by atoms with Crippen LogP contribution in [0.3, 0.4) is 0 Å². The van der Waals surface area contributed by atoms with Crippen molar-refractivity contribution in [3.8, 4) is 0 Å². The van der Waals surface area contributed by atoms with Gasteiger partial charge in [-0.3, -0.25) is 0 Å². The van der Waals surface area contributed by atoms with Crippen molar-refractivity contribution in [2.24, 2.45) is 0 Å². The number of ether oxygens (including phenoxy) is 1. The summed E-state index contributed by atoms with van der Waals surface area (Å²) in [4.78, 5) is 0. The van der Waals surface area contributed by atoms with E-state index in [1.54, 1.807) is 12.1 Å². The molecule has 2 rings (SSSR count). The van der Waals surface area contributed by atoms with E-state index in [0.717, 1.165) is 6.54 Å². The molecule has 0 saturated carbocycles. The van der Waals surface area contributed by atoms with Gasteiger partial charge in [0.1, 0.15) is 5.82 Å². The lowest BCUT2D eigenvalue weighted by Gasteiger charge is -2.24. The number of hydrogen-bond donors (Lipinski definition) is 1. The second-order valence-corrected chi connectivity index (χ2v) is 3.09. The first-order chi connectivity index (χ1) is 6.38. The molecular formula is C10H12FNO. The zero-order valence-corrected chi connectivity index (χ0v) is 7.29. The molecule has 1 atom stereocenters. The number of rotatable bonds is 1. The second kappa shape index (κ2) is 3.85. The fraction of sp³-hybridized carbons (Fsp3) is 0.400. The van der Waals surface area contributed by atoms with Crippen molar-refractivity contribution in [1.82, 2.24) is 5.32 Å². The lowest BCUT2D eigenvalue weighted by atomic mass is 10.1. The lowest BCUT2D eigenvalue weighted by Crippen LogP contribution is -2.33. The molecule has 1 heterocycles. The Kier molecular flexibility index (Phi) is 2.57. The first-order valence-corrected chi connectivity index (χ1v) is 4.44. The smallest absolute Gasteiger partial charge is 0.129 e. The van der Waals surface area contributed by atoms with Gasteiger partial charge in [-0.2, -0.15) is 0 Å². The topological polar surface area (TPSA) is 21.3 Å². The average molecular weight is 181 g/mol. The first kappa shape index (κ1) is 8.66. The van der Waals surface area contributed by atoms with Crippen molar-refractivity contribution in [2.75, 3.05) is 19.7 Å². The Balaban J connectivity index is 2.18. The number of nitrogens with one attached hydrogen (secondary N) is 1. The third-order valence-corrected chi connectivity index (χ3v) is 2.18. The predicted octanol–water partition coefficient (Wildman–Crippen LogP) is 1.49. The second-order valence-electron chi connectivity index (χ2n) is 3.09. The molecule has 0 aliphatic carbocycles. The van der Waals surface area contributed by atoms with Gasteiger partial charge in [0.05, 0.1) is 12.7 Å². The van der Waals surface area contributed by atoms with Gasteiger partial charge >= 0.3 is 0 Å². The normalized spacial score (nSPS) is 23.0. The van der Waals surface area contributed by atoms with Crippen LogP contribution in [0.25, 0.3) is 0 Å². The standard InChI is InChI=1S/C10H12FNO/c11-9-4-2-1-3-8(9)10-7-12-5-6-13-10/h1-4,10,12H,5-7H2/t10-/m1/s1. The Morgan fingerprint density at radius 1 is 1.38 bits per heavy atom. The molecule has 70 valence electrons. The summed E-state index contributed by atoms with van der Waals surface area (Å²) >= 11 is 0. The number of morpholine rings is 1. The molecule has 3 heteroatoms. The fourth-order valence-electron chi connectivity index (χ4n) is 1.50. The Bertz CT molecular complexity index is 284. The van der Waals surface area contributed by atoms with Gasteiger partial charge in [-0.1, -0.05) is 18.2 Å². The summed E-state index contributed by atoms with van der Waals surface area (Å²) in [7, 11) is 0. The summed E-state index contributed by atoms with van der Waals surface area (Å²) in [5.41, 5.74) is 0.648. The van der Waals surface area contributed by atoms with Crippen LogP contribution in [0.5, 0.6) is 0 Å². The molecule has 0 aromatic heterocycles. The van der Waals surface area contributed by atoms with Crippen molar-refractivity contribution in [2.45, 2.75) is 6.10 Å². The third kappa shape index (κ3) is 1.87. The minimum Gasteiger partial charge on any atom is -0.371 e. The lowest BCUT2D eigenvalue weighted by molar-refractivity contribution is 0.0255. The maximum Gasteiger partial charge on any atom is 0.129 e. The van der Waals surface area contributed by atoms with Crippen LogP contribution in [0, 0.1) is 5.82 Å². The Morgan fingerprint density at radius 2 is 2.23 bits per heavy atom. The Hall–Kier alpha value is -0.930. The zero-order valence-electron chi connectivity index (χ0n) is 7.29. The summed E-state index contributed by atoms with van der Waals surface area (Å²) in [5.74, 6) is -0.184. The van der Waals surface area contributed by atoms with Crippen LogP contribution in [-0.2, 0) is 4.74 Å². The molecule has 1 aromatic rings. The molecule has 0 amide bonds. The highest BCUT2D eigenvalue weighted by Crippen LogP contribution is 2.20. The van der Waals surface area contributed by atoms with E-state index < -0.39 is 0 Å². The molecule has 13 heavy (non-hydrogen) atoms. The number of benzene rings is 1. The van der Waals surface area contributed by atoms with Crippen molar-refractivity contribution >= 4 is 0 Å². The van der Waals surface area contributed by atoms with E-state index in [9.17, 15) is 4.39 Å². The van der Waals surface area contributed by atoms with E-state index in [-0.39, 0.29) is 11.9 Å². The molecule has 1 aliphatic rings. The maximum atomic E-state index is 13.3. The molecule has 2 nitrogen and oxygen atoms in total. The van der Waals surface area contributed by atoms with Gasteiger partial charge in [0.15, 0.2) is 0 Å². The van der Waals surface area contributed by atoms with E-state index in [1.165, 1.54) is 6.07 Å². The Labute approximate surface area is 76.7 Å². The monoisotopic (exact) mass is 181 g/mol. The van der Waals surface area contributed by atoms with E-state index >= 15 is 0 Å². The van der Waals surface area contributed by atoms with E-state index in [1.807, 2.05) is 6.07 Å². The zero-order chi connectivity index (χ0) is 9.10. The van der Waals surface area contributed by atoms with Crippen LogP contribution in [0.4, 0.5) is 4.39 Å². The molecule has 0 unspecified atom stereocenters. The van der Waals surface area contributed by atoms with Gasteiger partial charge in [-0.05, 0) is 6.07 Å². The Morgan fingerprint density at radius 3 is 2.92 bits per heavy atom. The number of hydrogen-bond acceptors (Lipinski definition) is 2. The van der Waals surface area contributed by atoms with E-state index in [2.05, 4.69) is 5.32 Å². The van der Waals surface area contributed by atoms with Gasteiger partial charge in [0.25, 0.3) is 0 Å². The van der Waals surface area contributed by atoms with Gasteiger partial charge in [0.2, 0.25) is 0 Å². The molecule has 0 bridgehead atoms. The molecular weight excluding hydrogens is 169 g/mol. The maximum absolute atomic E-state index is 13.3. The highest BCUT2D eigenvalue weighted by Gasteiger charge is 2.18. The summed E-state index contributed by atoms with van der Waals surface area (Å²) in [5, 5.41) is 3.17. The minimum atomic E-state index is -0.184. The molecule has 1 fully saturated rings. The van der Waals surface area contributed by atoms with Gasteiger partial charge in [0, 0.05) is 18.7 Å². The summed E-state index contributed by atoms with van der Waals surface area (Å²) in [6.07, 6.45) is -0.130. The quantitative estimate of drug-likeness (QED) is 0.708. The summed E-state index contributed by atoms with van der Waals surface area (Å²) < 4.78 is 18.7. The average Bonchev–Trinajstić information content (AvgIpc) is 2.20. The van der Waals surface area contributed by atoms with Crippen molar-refractivity contribution in [1.29, 1.82) is 0 Å². The predicted molar refractivity (Wildman–Crippen MR) is 48.0 cm³/mol. The van der Waals surface area contributed by atoms with Crippen molar-refractivity contribution in [3.63, 3.8) is 0 Å². The van der Waals surface area contributed by atoms with Crippen LogP contribution in [-0.4, -0.2) is 19.7 Å². The summed E-state index contributed by atoms with van der Waals surface area (Å²) in [6, 6.07) is 6.76. The minimum absolute atomic E-state index is 0.130. The first-order valence-electron chi connectivity index (χ1n) is 4.44.